The number of pyridine rings is 1. The molecule has 0 aliphatic carbocycles. The van der Waals surface area contributed by atoms with Gasteiger partial charge in [-0.3, -0.25) is 9.67 Å². The first-order chi connectivity index (χ1) is 8.79. The standard InChI is InChI=1S/C14H20N4/c1-3-6-18-11-13(9-17-18)8-16-10-14-4-5-15-7-12(14)2/h4-5,7,9,11,16H,3,6,8,10H2,1-2H3. The summed E-state index contributed by atoms with van der Waals surface area (Å²) in [6, 6.07) is 2.06. The molecule has 96 valence electrons. The molecule has 0 aromatic carbocycles. The molecule has 2 heterocycles. The maximum atomic E-state index is 4.32. The Morgan fingerprint density at radius 1 is 1.28 bits per heavy atom. The Morgan fingerprint density at radius 3 is 2.94 bits per heavy atom. The van der Waals surface area contributed by atoms with Gasteiger partial charge in [-0.25, -0.2) is 0 Å². The third kappa shape index (κ3) is 3.40. The molecule has 0 aliphatic rings. The monoisotopic (exact) mass is 244 g/mol. The molecule has 0 bridgehead atoms. The van der Waals surface area contributed by atoms with Gasteiger partial charge < -0.3 is 5.32 Å². The molecule has 0 aliphatic heterocycles. The third-order valence-electron chi connectivity index (χ3n) is 2.92. The van der Waals surface area contributed by atoms with E-state index in [0.717, 1.165) is 26.1 Å². The zero-order chi connectivity index (χ0) is 12.8. The van der Waals surface area contributed by atoms with Crippen LogP contribution in [0, 0.1) is 6.92 Å². The molecule has 0 radical (unpaired) electrons. The number of nitrogens with zero attached hydrogens (tertiary/aromatic N) is 3. The van der Waals surface area contributed by atoms with Gasteiger partial charge in [0.15, 0.2) is 0 Å². The van der Waals surface area contributed by atoms with Crippen LogP contribution in [0.5, 0.6) is 0 Å². The molecule has 0 fully saturated rings. The summed E-state index contributed by atoms with van der Waals surface area (Å²) in [7, 11) is 0. The predicted molar refractivity (Wildman–Crippen MR) is 72.0 cm³/mol. The second kappa shape index (κ2) is 6.31. The van der Waals surface area contributed by atoms with E-state index in [9.17, 15) is 0 Å². The molecule has 18 heavy (non-hydrogen) atoms. The normalized spacial score (nSPS) is 10.8. The van der Waals surface area contributed by atoms with Crippen molar-refractivity contribution in [1.82, 2.24) is 20.1 Å². The Labute approximate surface area is 108 Å². The van der Waals surface area contributed by atoms with Crippen LogP contribution < -0.4 is 5.32 Å². The Balaban J connectivity index is 1.83. The summed E-state index contributed by atoms with van der Waals surface area (Å²) in [6.07, 6.45) is 8.89. The van der Waals surface area contributed by atoms with Gasteiger partial charge in [-0.15, -0.1) is 0 Å². The lowest BCUT2D eigenvalue weighted by atomic mass is 10.1. The molecule has 0 saturated heterocycles. The first-order valence-electron chi connectivity index (χ1n) is 6.41. The van der Waals surface area contributed by atoms with Crippen molar-refractivity contribution in [3.8, 4) is 0 Å². The van der Waals surface area contributed by atoms with Crippen LogP contribution in [0.25, 0.3) is 0 Å². The Bertz CT molecular complexity index is 490. The average molecular weight is 244 g/mol. The van der Waals surface area contributed by atoms with E-state index in [0.29, 0.717) is 0 Å². The van der Waals surface area contributed by atoms with E-state index in [1.807, 2.05) is 23.3 Å². The predicted octanol–water partition coefficient (Wildman–Crippen LogP) is 2.29. The molecule has 4 nitrogen and oxygen atoms in total. The minimum absolute atomic E-state index is 0.853. The smallest absolute Gasteiger partial charge is 0.0534 e. The van der Waals surface area contributed by atoms with Crippen LogP contribution in [0.4, 0.5) is 0 Å². The summed E-state index contributed by atoms with van der Waals surface area (Å²) in [5.41, 5.74) is 3.76. The molecule has 0 atom stereocenters. The van der Waals surface area contributed by atoms with Crippen LogP contribution in [0.1, 0.15) is 30.0 Å². The van der Waals surface area contributed by atoms with E-state index in [1.165, 1.54) is 16.7 Å². The van der Waals surface area contributed by atoms with Crippen molar-refractivity contribution in [2.75, 3.05) is 0 Å². The summed E-state index contributed by atoms with van der Waals surface area (Å²) in [5.74, 6) is 0. The molecule has 4 heteroatoms. The lowest BCUT2D eigenvalue weighted by Gasteiger charge is -2.05. The van der Waals surface area contributed by atoms with E-state index >= 15 is 0 Å². The Hall–Kier alpha value is -1.68. The van der Waals surface area contributed by atoms with Crippen LogP contribution >= 0.6 is 0 Å². The van der Waals surface area contributed by atoms with Crippen LogP contribution in [-0.2, 0) is 19.6 Å². The van der Waals surface area contributed by atoms with Crippen LogP contribution in [0.15, 0.2) is 30.9 Å². The van der Waals surface area contributed by atoms with Crippen LogP contribution in [-0.4, -0.2) is 14.8 Å². The molecule has 0 unspecified atom stereocenters. The molecule has 2 aromatic heterocycles. The maximum absolute atomic E-state index is 4.32. The number of aromatic nitrogens is 3. The van der Waals surface area contributed by atoms with E-state index < -0.39 is 0 Å². The van der Waals surface area contributed by atoms with Gasteiger partial charge in [-0.05, 0) is 30.5 Å². The van der Waals surface area contributed by atoms with Crippen molar-refractivity contribution < 1.29 is 0 Å². The lowest BCUT2D eigenvalue weighted by molar-refractivity contribution is 0.601. The summed E-state index contributed by atoms with van der Waals surface area (Å²) in [6.45, 7) is 6.96. The Kier molecular flexibility index (Phi) is 4.47. The quantitative estimate of drug-likeness (QED) is 0.847. The number of nitrogens with one attached hydrogen (secondary N) is 1. The van der Waals surface area contributed by atoms with Crippen molar-refractivity contribution >= 4 is 0 Å². The van der Waals surface area contributed by atoms with E-state index in [1.54, 1.807) is 0 Å². The maximum Gasteiger partial charge on any atom is 0.0534 e. The number of hydrogen-bond donors (Lipinski definition) is 1. The molecule has 1 N–H and O–H groups in total. The summed E-state index contributed by atoms with van der Waals surface area (Å²) >= 11 is 0. The van der Waals surface area contributed by atoms with E-state index in [-0.39, 0.29) is 0 Å². The van der Waals surface area contributed by atoms with Gasteiger partial charge in [0.2, 0.25) is 0 Å². The van der Waals surface area contributed by atoms with Crippen molar-refractivity contribution in [2.45, 2.75) is 39.9 Å². The van der Waals surface area contributed by atoms with Gasteiger partial charge in [-0.2, -0.15) is 5.10 Å². The van der Waals surface area contributed by atoms with Crippen molar-refractivity contribution in [1.29, 1.82) is 0 Å². The number of aryl methyl sites for hydroxylation is 2. The highest BCUT2D eigenvalue weighted by Crippen LogP contribution is 2.05. The average Bonchev–Trinajstić information content (AvgIpc) is 2.80. The van der Waals surface area contributed by atoms with Gasteiger partial charge in [0, 0.05) is 43.8 Å². The van der Waals surface area contributed by atoms with E-state index in [2.05, 4.69) is 41.5 Å². The molecule has 0 amide bonds. The summed E-state index contributed by atoms with van der Waals surface area (Å²) < 4.78 is 1.99. The molecule has 0 saturated carbocycles. The minimum Gasteiger partial charge on any atom is -0.308 e. The number of hydrogen-bond acceptors (Lipinski definition) is 3. The molecular weight excluding hydrogens is 224 g/mol. The lowest BCUT2D eigenvalue weighted by Crippen LogP contribution is -2.13. The van der Waals surface area contributed by atoms with E-state index in [4.69, 9.17) is 0 Å². The fourth-order valence-corrected chi connectivity index (χ4v) is 1.89. The highest BCUT2D eigenvalue weighted by Gasteiger charge is 2.00. The molecule has 2 aromatic rings. The van der Waals surface area contributed by atoms with Crippen molar-refractivity contribution in [2.24, 2.45) is 0 Å². The largest absolute Gasteiger partial charge is 0.308 e. The number of rotatable bonds is 6. The second-order valence-electron chi connectivity index (χ2n) is 4.52. The van der Waals surface area contributed by atoms with Gasteiger partial charge in [0.1, 0.15) is 0 Å². The second-order valence-corrected chi connectivity index (χ2v) is 4.52. The third-order valence-corrected chi connectivity index (χ3v) is 2.92. The van der Waals surface area contributed by atoms with Crippen molar-refractivity contribution in [3.05, 3.63) is 47.5 Å². The van der Waals surface area contributed by atoms with Gasteiger partial charge >= 0.3 is 0 Å². The summed E-state index contributed by atoms with van der Waals surface area (Å²) in [4.78, 5) is 4.09. The van der Waals surface area contributed by atoms with Gasteiger partial charge in [-0.1, -0.05) is 6.92 Å². The highest BCUT2D eigenvalue weighted by molar-refractivity contribution is 5.21. The van der Waals surface area contributed by atoms with Gasteiger partial charge in [0.05, 0.1) is 6.20 Å². The molecule has 2 rings (SSSR count). The minimum atomic E-state index is 0.853. The molecule has 0 spiro atoms. The fourth-order valence-electron chi connectivity index (χ4n) is 1.89. The zero-order valence-corrected chi connectivity index (χ0v) is 11.1. The summed E-state index contributed by atoms with van der Waals surface area (Å²) in [5, 5.41) is 7.75. The molecular formula is C14H20N4. The van der Waals surface area contributed by atoms with Crippen LogP contribution in [0.3, 0.4) is 0 Å². The first-order valence-corrected chi connectivity index (χ1v) is 6.41. The van der Waals surface area contributed by atoms with Crippen LogP contribution in [0.2, 0.25) is 0 Å². The Morgan fingerprint density at radius 2 is 2.17 bits per heavy atom. The fraction of sp³-hybridized carbons (Fsp3) is 0.429. The zero-order valence-electron chi connectivity index (χ0n) is 11.1. The van der Waals surface area contributed by atoms with Gasteiger partial charge in [0.25, 0.3) is 0 Å². The SMILES string of the molecule is CCCn1cc(CNCc2ccncc2C)cn1. The highest BCUT2D eigenvalue weighted by atomic mass is 15.3. The topological polar surface area (TPSA) is 42.7 Å². The first kappa shape index (κ1) is 12.8. The van der Waals surface area contributed by atoms with Crippen molar-refractivity contribution in [3.63, 3.8) is 0 Å².